The van der Waals surface area contributed by atoms with Crippen molar-refractivity contribution in [1.82, 2.24) is 5.32 Å². The number of hydrogen-bond acceptors (Lipinski definition) is 3. The van der Waals surface area contributed by atoms with Crippen LogP contribution in [0.5, 0.6) is 0 Å². The highest BCUT2D eigenvalue weighted by atomic mass is 32.1. The van der Waals surface area contributed by atoms with Crippen molar-refractivity contribution in [2.75, 3.05) is 11.9 Å². The predicted molar refractivity (Wildman–Crippen MR) is 75.8 cm³/mol. The number of rotatable bonds is 5. The lowest BCUT2D eigenvalue weighted by Crippen LogP contribution is -2.27. The highest BCUT2D eigenvalue weighted by Gasteiger charge is 2.04. The van der Waals surface area contributed by atoms with E-state index in [2.05, 4.69) is 16.7 Å². The third-order valence-corrected chi connectivity index (χ3v) is 3.69. The molecule has 3 nitrogen and oxygen atoms in total. The maximum absolute atomic E-state index is 12.7. The fraction of sp³-hybridized carbons (Fsp3) is 0.214. The minimum atomic E-state index is -0.315. The molecule has 0 fully saturated rings. The van der Waals surface area contributed by atoms with Crippen LogP contribution >= 0.6 is 11.3 Å². The molecule has 0 radical (unpaired) electrons. The SMILES string of the molecule is Cc1ccsc1CNCC(=O)Nc1ccc(F)cc1. The second-order valence-electron chi connectivity index (χ2n) is 4.19. The number of halogens is 1. The van der Waals surface area contributed by atoms with E-state index in [9.17, 15) is 9.18 Å². The Morgan fingerprint density at radius 1 is 1.26 bits per heavy atom. The van der Waals surface area contributed by atoms with E-state index in [1.807, 2.05) is 12.3 Å². The maximum atomic E-state index is 12.7. The van der Waals surface area contributed by atoms with Crippen LogP contribution < -0.4 is 10.6 Å². The summed E-state index contributed by atoms with van der Waals surface area (Å²) in [7, 11) is 0. The Kier molecular flexibility index (Phi) is 4.65. The minimum Gasteiger partial charge on any atom is -0.325 e. The molecule has 0 saturated carbocycles. The number of hydrogen-bond donors (Lipinski definition) is 2. The van der Waals surface area contributed by atoms with E-state index in [4.69, 9.17) is 0 Å². The molecule has 5 heteroatoms. The Hall–Kier alpha value is -1.72. The first-order chi connectivity index (χ1) is 9.15. The standard InChI is InChI=1S/C14H15FN2OS/c1-10-6-7-19-13(10)8-16-9-14(18)17-12-4-2-11(15)3-5-12/h2-7,16H,8-9H2,1H3,(H,17,18). The number of anilines is 1. The van der Waals surface area contributed by atoms with Gasteiger partial charge < -0.3 is 10.6 Å². The summed E-state index contributed by atoms with van der Waals surface area (Å²) in [6.07, 6.45) is 0. The molecule has 0 aliphatic heterocycles. The maximum Gasteiger partial charge on any atom is 0.238 e. The van der Waals surface area contributed by atoms with Gasteiger partial charge in [0, 0.05) is 17.1 Å². The van der Waals surface area contributed by atoms with Gasteiger partial charge in [-0.15, -0.1) is 11.3 Å². The Bertz CT molecular complexity index is 551. The van der Waals surface area contributed by atoms with Crippen LogP contribution in [0, 0.1) is 12.7 Å². The molecule has 1 aromatic heterocycles. The number of benzene rings is 1. The van der Waals surface area contributed by atoms with Crippen LogP contribution in [0.2, 0.25) is 0 Å². The Balaban J connectivity index is 1.76. The van der Waals surface area contributed by atoms with Crippen LogP contribution in [0.1, 0.15) is 10.4 Å². The monoisotopic (exact) mass is 278 g/mol. The molecule has 1 amide bonds. The topological polar surface area (TPSA) is 41.1 Å². The summed E-state index contributed by atoms with van der Waals surface area (Å²) in [4.78, 5) is 12.9. The first-order valence-corrected chi connectivity index (χ1v) is 6.82. The molecule has 2 N–H and O–H groups in total. The third-order valence-electron chi connectivity index (χ3n) is 2.67. The molecule has 2 aromatic rings. The van der Waals surface area contributed by atoms with E-state index in [0.717, 1.165) is 0 Å². The summed E-state index contributed by atoms with van der Waals surface area (Å²) in [5.41, 5.74) is 1.83. The summed E-state index contributed by atoms with van der Waals surface area (Å²) in [6.45, 7) is 2.96. The summed E-state index contributed by atoms with van der Waals surface area (Å²) in [5.74, 6) is -0.454. The largest absolute Gasteiger partial charge is 0.325 e. The van der Waals surface area contributed by atoms with Gasteiger partial charge in [-0.3, -0.25) is 4.79 Å². The zero-order valence-electron chi connectivity index (χ0n) is 10.6. The predicted octanol–water partition coefficient (Wildman–Crippen LogP) is 2.92. The lowest BCUT2D eigenvalue weighted by molar-refractivity contribution is -0.115. The van der Waals surface area contributed by atoms with Gasteiger partial charge in [0.15, 0.2) is 0 Å². The zero-order chi connectivity index (χ0) is 13.7. The summed E-state index contributed by atoms with van der Waals surface area (Å²) in [6, 6.07) is 7.77. The van der Waals surface area contributed by atoms with Crippen molar-refractivity contribution in [3.05, 3.63) is 52.0 Å². The molecule has 2 rings (SSSR count). The average Bonchev–Trinajstić information content (AvgIpc) is 2.78. The lowest BCUT2D eigenvalue weighted by atomic mass is 10.3. The van der Waals surface area contributed by atoms with Crippen molar-refractivity contribution in [3.8, 4) is 0 Å². The van der Waals surface area contributed by atoms with Crippen LogP contribution in [-0.2, 0) is 11.3 Å². The van der Waals surface area contributed by atoms with Gasteiger partial charge in [0.25, 0.3) is 0 Å². The van der Waals surface area contributed by atoms with Crippen LogP contribution in [0.4, 0.5) is 10.1 Å². The van der Waals surface area contributed by atoms with Crippen LogP contribution in [0.25, 0.3) is 0 Å². The van der Waals surface area contributed by atoms with Gasteiger partial charge in [-0.2, -0.15) is 0 Å². The van der Waals surface area contributed by atoms with Gasteiger partial charge in [-0.05, 0) is 48.2 Å². The smallest absolute Gasteiger partial charge is 0.238 e. The fourth-order valence-electron chi connectivity index (χ4n) is 1.61. The molecule has 0 spiro atoms. The molecule has 0 atom stereocenters. The highest BCUT2D eigenvalue weighted by molar-refractivity contribution is 7.10. The van der Waals surface area contributed by atoms with Crippen molar-refractivity contribution in [2.45, 2.75) is 13.5 Å². The van der Waals surface area contributed by atoms with Crippen LogP contribution in [-0.4, -0.2) is 12.5 Å². The zero-order valence-corrected chi connectivity index (χ0v) is 11.4. The number of carbonyl (C=O) groups is 1. The third kappa shape index (κ3) is 4.15. The Labute approximate surface area is 115 Å². The van der Waals surface area contributed by atoms with Crippen molar-refractivity contribution in [3.63, 3.8) is 0 Å². The van der Waals surface area contributed by atoms with Gasteiger partial charge in [0.1, 0.15) is 5.82 Å². The second-order valence-corrected chi connectivity index (χ2v) is 5.19. The Morgan fingerprint density at radius 2 is 2.00 bits per heavy atom. The number of thiophene rings is 1. The summed E-state index contributed by atoms with van der Waals surface area (Å²) in [5, 5.41) is 7.82. The van der Waals surface area contributed by atoms with Gasteiger partial charge in [-0.1, -0.05) is 0 Å². The molecule has 19 heavy (non-hydrogen) atoms. The molecule has 1 aromatic carbocycles. The van der Waals surface area contributed by atoms with Gasteiger partial charge >= 0.3 is 0 Å². The van der Waals surface area contributed by atoms with Crippen LogP contribution in [0.3, 0.4) is 0 Å². The van der Waals surface area contributed by atoms with Gasteiger partial charge in [0.05, 0.1) is 6.54 Å². The van der Waals surface area contributed by atoms with Crippen molar-refractivity contribution in [2.24, 2.45) is 0 Å². The van der Waals surface area contributed by atoms with Crippen molar-refractivity contribution < 1.29 is 9.18 Å². The molecule has 100 valence electrons. The normalized spacial score (nSPS) is 10.4. The van der Waals surface area contributed by atoms with Crippen molar-refractivity contribution >= 4 is 22.9 Å². The van der Waals surface area contributed by atoms with E-state index in [1.54, 1.807) is 11.3 Å². The lowest BCUT2D eigenvalue weighted by Gasteiger charge is -2.06. The quantitative estimate of drug-likeness (QED) is 0.883. The number of nitrogens with one attached hydrogen (secondary N) is 2. The first kappa shape index (κ1) is 13.7. The van der Waals surface area contributed by atoms with E-state index in [0.29, 0.717) is 12.2 Å². The van der Waals surface area contributed by atoms with Gasteiger partial charge in [0.2, 0.25) is 5.91 Å². The minimum absolute atomic E-state index is 0.138. The average molecular weight is 278 g/mol. The summed E-state index contributed by atoms with van der Waals surface area (Å²) >= 11 is 1.67. The highest BCUT2D eigenvalue weighted by Crippen LogP contribution is 2.14. The fourth-order valence-corrected chi connectivity index (χ4v) is 2.49. The van der Waals surface area contributed by atoms with E-state index in [-0.39, 0.29) is 18.3 Å². The molecule has 0 aliphatic rings. The molecule has 0 bridgehead atoms. The number of carbonyl (C=O) groups excluding carboxylic acids is 1. The molecule has 0 unspecified atom stereocenters. The molecular weight excluding hydrogens is 263 g/mol. The summed E-state index contributed by atoms with van der Waals surface area (Å²) < 4.78 is 12.7. The van der Waals surface area contributed by atoms with Crippen molar-refractivity contribution in [1.29, 1.82) is 0 Å². The second kappa shape index (κ2) is 6.45. The molecule has 0 aliphatic carbocycles. The number of amides is 1. The van der Waals surface area contributed by atoms with E-state index >= 15 is 0 Å². The van der Waals surface area contributed by atoms with E-state index in [1.165, 1.54) is 34.7 Å². The molecule has 0 saturated heterocycles. The first-order valence-electron chi connectivity index (χ1n) is 5.94. The number of aryl methyl sites for hydroxylation is 1. The Morgan fingerprint density at radius 3 is 2.63 bits per heavy atom. The van der Waals surface area contributed by atoms with E-state index < -0.39 is 0 Å². The van der Waals surface area contributed by atoms with Gasteiger partial charge in [-0.25, -0.2) is 4.39 Å². The van der Waals surface area contributed by atoms with Crippen LogP contribution in [0.15, 0.2) is 35.7 Å². The molecule has 1 heterocycles. The molecular formula is C14H15FN2OS.